The predicted octanol–water partition coefficient (Wildman–Crippen LogP) is 5.20. The lowest BCUT2D eigenvalue weighted by molar-refractivity contribution is -0.117. The van der Waals surface area contributed by atoms with E-state index in [0.717, 1.165) is 84.9 Å². The number of furan rings is 1. The quantitative estimate of drug-likeness (QED) is 0.344. The highest BCUT2D eigenvalue weighted by molar-refractivity contribution is 6.06. The first kappa shape index (κ1) is 27.1. The number of rotatable bonds is 6. The molecule has 2 saturated heterocycles. The van der Waals surface area contributed by atoms with Gasteiger partial charge in [0.2, 0.25) is 11.6 Å². The topological polar surface area (TPSA) is 86.5 Å². The van der Waals surface area contributed by atoms with E-state index in [1.807, 2.05) is 42.5 Å². The summed E-state index contributed by atoms with van der Waals surface area (Å²) in [6.07, 6.45) is 3.51. The van der Waals surface area contributed by atoms with Gasteiger partial charge in [0.25, 0.3) is 0 Å². The molecular weight excluding hydrogens is 512 g/mol. The lowest BCUT2D eigenvalue weighted by atomic mass is 9.99. The van der Waals surface area contributed by atoms with Crippen molar-refractivity contribution in [2.75, 3.05) is 42.9 Å². The molecule has 39 heavy (non-hydrogen) atoms. The maximum absolute atomic E-state index is 12.6. The van der Waals surface area contributed by atoms with Crippen LogP contribution in [0.2, 0.25) is 0 Å². The molecule has 0 spiro atoms. The maximum Gasteiger partial charge on any atom is 0.241 e. The van der Waals surface area contributed by atoms with Crippen LogP contribution in [0.5, 0.6) is 0 Å². The number of nitrogens with zero attached hydrogens (tertiary/aromatic N) is 4. The van der Waals surface area contributed by atoms with E-state index in [4.69, 9.17) is 9.40 Å². The van der Waals surface area contributed by atoms with Crippen LogP contribution in [0.25, 0.3) is 33.6 Å². The van der Waals surface area contributed by atoms with Crippen molar-refractivity contribution >= 4 is 40.9 Å². The number of anilines is 2. The molecule has 0 aliphatic carbocycles. The lowest BCUT2D eigenvalue weighted by Gasteiger charge is -2.37. The Kier molecular flexibility index (Phi) is 8.16. The van der Waals surface area contributed by atoms with Gasteiger partial charge in [-0.15, -0.1) is 12.4 Å². The zero-order chi connectivity index (χ0) is 26.1. The van der Waals surface area contributed by atoms with Crippen LogP contribution >= 0.6 is 12.4 Å². The summed E-state index contributed by atoms with van der Waals surface area (Å²) in [6, 6.07) is 18.6. The van der Waals surface area contributed by atoms with Crippen LogP contribution in [0.3, 0.4) is 0 Å². The zero-order valence-corrected chi connectivity index (χ0v) is 23.2. The van der Waals surface area contributed by atoms with E-state index in [1.54, 1.807) is 6.33 Å². The van der Waals surface area contributed by atoms with Crippen LogP contribution in [-0.4, -0.2) is 65.6 Å². The molecule has 4 aromatic rings. The Labute approximate surface area is 235 Å². The molecule has 8 nitrogen and oxygen atoms in total. The van der Waals surface area contributed by atoms with Gasteiger partial charge in [0.15, 0.2) is 0 Å². The molecule has 2 fully saturated rings. The third-order valence-corrected chi connectivity index (χ3v) is 7.67. The van der Waals surface area contributed by atoms with E-state index < -0.39 is 0 Å². The number of carbonyl (C=O) groups is 1. The van der Waals surface area contributed by atoms with E-state index in [0.29, 0.717) is 11.8 Å². The van der Waals surface area contributed by atoms with Gasteiger partial charge in [-0.2, -0.15) is 0 Å². The molecule has 2 aromatic carbocycles. The maximum atomic E-state index is 12.6. The fraction of sp³-hybridized carbons (Fsp3) is 0.367. The number of amides is 1. The van der Waals surface area contributed by atoms with Crippen LogP contribution < -0.4 is 15.5 Å². The normalized spacial score (nSPS) is 17.9. The molecule has 2 aliphatic rings. The summed E-state index contributed by atoms with van der Waals surface area (Å²) in [6.45, 7) is 9.19. The van der Waals surface area contributed by atoms with Crippen LogP contribution in [0.4, 0.5) is 11.5 Å². The summed E-state index contributed by atoms with van der Waals surface area (Å²) in [7, 11) is 0. The minimum absolute atomic E-state index is 0. The summed E-state index contributed by atoms with van der Waals surface area (Å²) in [5.74, 6) is 1.69. The average molecular weight is 547 g/mol. The lowest BCUT2D eigenvalue weighted by Crippen LogP contribution is -2.49. The Morgan fingerprint density at radius 1 is 1.00 bits per heavy atom. The molecule has 2 N–H and O–H groups in total. The average Bonchev–Trinajstić information content (AvgIpc) is 3.63. The summed E-state index contributed by atoms with van der Waals surface area (Å²) in [5.41, 5.74) is 4.33. The monoisotopic (exact) mass is 546 g/mol. The number of halogens is 1. The van der Waals surface area contributed by atoms with Gasteiger partial charge >= 0.3 is 0 Å². The first-order chi connectivity index (χ1) is 18.6. The largest absolute Gasteiger partial charge is 0.437 e. The number of piperazine rings is 1. The van der Waals surface area contributed by atoms with Crippen molar-refractivity contribution in [3.8, 4) is 22.5 Å². The second-order valence-corrected chi connectivity index (χ2v) is 10.4. The van der Waals surface area contributed by atoms with Crippen LogP contribution in [-0.2, 0) is 4.79 Å². The van der Waals surface area contributed by atoms with Crippen molar-refractivity contribution in [1.82, 2.24) is 20.2 Å². The zero-order valence-electron chi connectivity index (χ0n) is 22.4. The predicted molar refractivity (Wildman–Crippen MR) is 159 cm³/mol. The van der Waals surface area contributed by atoms with Crippen LogP contribution in [0.15, 0.2) is 65.3 Å². The molecule has 0 unspecified atom stereocenters. The molecule has 0 saturated carbocycles. The minimum Gasteiger partial charge on any atom is -0.437 e. The van der Waals surface area contributed by atoms with E-state index >= 15 is 0 Å². The minimum atomic E-state index is -0.117. The Morgan fingerprint density at radius 3 is 2.41 bits per heavy atom. The molecular formula is C30H35ClN6O2. The van der Waals surface area contributed by atoms with Gasteiger partial charge in [-0.05, 0) is 63.1 Å². The Bertz CT molecular complexity index is 1410. The van der Waals surface area contributed by atoms with Crippen LogP contribution in [0.1, 0.15) is 26.7 Å². The third-order valence-electron chi connectivity index (χ3n) is 7.67. The fourth-order valence-electron chi connectivity index (χ4n) is 5.53. The molecule has 4 heterocycles. The Morgan fingerprint density at radius 2 is 1.74 bits per heavy atom. The van der Waals surface area contributed by atoms with Gasteiger partial charge in [-0.3, -0.25) is 9.69 Å². The Hall–Kier alpha value is -3.46. The molecule has 6 rings (SSSR count). The number of hydrogen-bond donors (Lipinski definition) is 2. The number of benzene rings is 2. The molecule has 1 amide bonds. The van der Waals surface area contributed by atoms with Crippen molar-refractivity contribution < 1.29 is 9.21 Å². The van der Waals surface area contributed by atoms with E-state index in [-0.39, 0.29) is 24.4 Å². The molecule has 1 atom stereocenters. The highest BCUT2D eigenvalue weighted by Gasteiger charge is 2.27. The van der Waals surface area contributed by atoms with Crippen molar-refractivity contribution in [2.45, 2.75) is 38.8 Å². The van der Waals surface area contributed by atoms with Crippen molar-refractivity contribution in [3.63, 3.8) is 0 Å². The molecule has 204 valence electrons. The van der Waals surface area contributed by atoms with E-state index in [2.05, 4.69) is 51.4 Å². The number of carbonyl (C=O) groups excluding carboxylic acids is 1. The summed E-state index contributed by atoms with van der Waals surface area (Å²) in [5, 5.41) is 7.22. The standard InChI is InChI=1S/C30H34N6O2.ClH/c1-20(2)35-15-17-36(18-16-35)28-26-25(21-7-4-3-5-8-21)27(38-30(26)33-19-32-28)22-10-12-23(13-11-22)34-29(37)24-9-6-14-31-24;/h3-5,7-8,10-13,19-20,24,31H,6,9,14-18H2,1-2H3,(H,34,37);1H/t24-;/m0./s1. The number of fused-ring (bicyclic) bond motifs is 1. The highest BCUT2D eigenvalue weighted by Crippen LogP contribution is 2.43. The van der Waals surface area contributed by atoms with Crippen LogP contribution in [0, 0.1) is 0 Å². The number of hydrogen-bond acceptors (Lipinski definition) is 7. The van der Waals surface area contributed by atoms with Gasteiger partial charge in [0.05, 0.1) is 11.4 Å². The van der Waals surface area contributed by atoms with Crippen molar-refractivity contribution in [1.29, 1.82) is 0 Å². The summed E-state index contributed by atoms with van der Waals surface area (Å²) < 4.78 is 6.45. The first-order valence-corrected chi connectivity index (χ1v) is 13.5. The summed E-state index contributed by atoms with van der Waals surface area (Å²) >= 11 is 0. The smallest absolute Gasteiger partial charge is 0.241 e. The fourth-order valence-corrected chi connectivity index (χ4v) is 5.53. The number of aromatic nitrogens is 2. The molecule has 2 aliphatic heterocycles. The highest BCUT2D eigenvalue weighted by atomic mass is 35.5. The van der Waals surface area contributed by atoms with Gasteiger partial charge in [-0.1, -0.05) is 30.3 Å². The SMILES string of the molecule is CC(C)N1CCN(c2ncnc3oc(-c4ccc(NC(=O)[C@@H]5CCCN5)cc4)c(-c4ccccc4)c23)CC1.Cl. The van der Waals surface area contributed by atoms with Gasteiger partial charge in [0, 0.05) is 49.0 Å². The first-order valence-electron chi connectivity index (χ1n) is 13.5. The van der Waals surface area contributed by atoms with Crippen molar-refractivity contribution in [2.24, 2.45) is 0 Å². The molecule has 0 radical (unpaired) electrons. The molecule has 9 heteroatoms. The Balaban J connectivity index is 0.00000308. The second kappa shape index (κ2) is 11.7. The van der Waals surface area contributed by atoms with E-state index in [1.165, 1.54) is 0 Å². The van der Waals surface area contributed by atoms with Crippen molar-refractivity contribution in [3.05, 3.63) is 60.9 Å². The third kappa shape index (κ3) is 5.50. The van der Waals surface area contributed by atoms with Gasteiger partial charge in [-0.25, -0.2) is 9.97 Å². The van der Waals surface area contributed by atoms with Gasteiger partial charge in [0.1, 0.15) is 17.9 Å². The second-order valence-electron chi connectivity index (χ2n) is 10.4. The van der Waals surface area contributed by atoms with Gasteiger partial charge < -0.3 is 20.0 Å². The molecule has 2 aromatic heterocycles. The molecule has 0 bridgehead atoms. The van der Waals surface area contributed by atoms with E-state index in [9.17, 15) is 4.79 Å². The number of nitrogens with one attached hydrogen (secondary N) is 2. The summed E-state index contributed by atoms with van der Waals surface area (Å²) in [4.78, 5) is 26.7.